The Morgan fingerprint density at radius 2 is 2.36 bits per heavy atom. The van der Waals surface area contributed by atoms with Gasteiger partial charge in [0.25, 0.3) is 5.91 Å². The van der Waals surface area contributed by atoms with Crippen LogP contribution in [0.2, 0.25) is 0 Å². The summed E-state index contributed by atoms with van der Waals surface area (Å²) in [5.41, 5.74) is 5.37. The molecule has 2 N–H and O–H groups in total. The van der Waals surface area contributed by atoms with Gasteiger partial charge < -0.3 is 15.4 Å². The van der Waals surface area contributed by atoms with Crippen LogP contribution in [0.5, 0.6) is 0 Å². The first-order valence-corrected chi connectivity index (χ1v) is 4.80. The number of likely N-dealkylation sites (N-methyl/N-ethyl adjacent to an activating group) is 1. The van der Waals surface area contributed by atoms with Gasteiger partial charge in [-0.15, -0.1) is 10.2 Å². The van der Waals surface area contributed by atoms with Crippen LogP contribution >= 0.6 is 11.3 Å². The molecule has 78 valence electrons. The molecule has 0 aliphatic rings. The third kappa shape index (κ3) is 2.64. The monoisotopic (exact) mass is 216 g/mol. The maximum absolute atomic E-state index is 11.6. The van der Waals surface area contributed by atoms with Gasteiger partial charge in [-0.1, -0.05) is 11.3 Å². The molecule has 1 amide bonds. The molecule has 0 saturated heterocycles. The normalized spacial score (nSPS) is 10.1. The van der Waals surface area contributed by atoms with E-state index in [2.05, 4.69) is 10.2 Å². The van der Waals surface area contributed by atoms with Crippen molar-refractivity contribution in [2.45, 2.75) is 0 Å². The Hall–Kier alpha value is -1.21. The highest BCUT2D eigenvalue weighted by Crippen LogP contribution is 2.12. The van der Waals surface area contributed by atoms with Crippen LogP contribution in [-0.2, 0) is 4.74 Å². The van der Waals surface area contributed by atoms with Gasteiger partial charge in [0.15, 0.2) is 0 Å². The van der Waals surface area contributed by atoms with Crippen LogP contribution in [0.3, 0.4) is 0 Å². The molecule has 1 aromatic rings. The molecule has 14 heavy (non-hydrogen) atoms. The maximum Gasteiger partial charge on any atom is 0.284 e. The van der Waals surface area contributed by atoms with Crippen molar-refractivity contribution in [3.05, 3.63) is 5.01 Å². The first-order chi connectivity index (χ1) is 6.65. The molecular formula is C7H12N4O2S. The zero-order valence-electron chi connectivity index (χ0n) is 8.06. The Morgan fingerprint density at radius 3 is 2.86 bits per heavy atom. The first-order valence-electron chi connectivity index (χ1n) is 3.98. The number of hydrogen-bond donors (Lipinski definition) is 1. The van der Waals surface area contributed by atoms with Crippen LogP contribution in [0.25, 0.3) is 0 Å². The van der Waals surface area contributed by atoms with Gasteiger partial charge in [-0.3, -0.25) is 4.79 Å². The van der Waals surface area contributed by atoms with E-state index in [4.69, 9.17) is 10.5 Å². The van der Waals surface area contributed by atoms with E-state index in [1.54, 1.807) is 14.2 Å². The van der Waals surface area contributed by atoms with Gasteiger partial charge in [0, 0.05) is 20.7 Å². The molecule has 6 nitrogen and oxygen atoms in total. The van der Waals surface area contributed by atoms with Crippen molar-refractivity contribution in [2.75, 3.05) is 33.0 Å². The summed E-state index contributed by atoms with van der Waals surface area (Å²) < 4.78 is 4.85. The molecule has 0 aromatic carbocycles. The highest BCUT2D eigenvalue weighted by Gasteiger charge is 2.15. The molecule has 0 unspecified atom stereocenters. The average Bonchev–Trinajstić information content (AvgIpc) is 2.60. The number of ether oxygens (including phenoxy) is 1. The summed E-state index contributed by atoms with van der Waals surface area (Å²) in [7, 11) is 3.26. The number of methoxy groups -OCH3 is 1. The lowest BCUT2D eigenvalue weighted by Crippen LogP contribution is -2.29. The van der Waals surface area contributed by atoms with E-state index in [1.807, 2.05) is 0 Å². The number of amides is 1. The number of carbonyl (C=O) groups excluding carboxylic acids is 1. The standard InChI is InChI=1S/C7H12N4O2S/c1-11(3-4-13-2)6(12)5-9-10-7(8)14-5/h3-4H2,1-2H3,(H2,8,10). The fraction of sp³-hybridized carbons (Fsp3) is 0.571. The summed E-state index contributed by atoms with van der Waals surface area (Å²) in [6.07, 6.45) is 0. The molecule has 0 atom stereocenters. The lowest BCUT2D eigenvalue weighted by molar-refractivity contribution is 0.0743. The van der Waals surface area contributed by atoms with E-state index >= 15 is 0 Å². The Bertz CT molecular complexity index is 314. The third-order valence-corrected chi connectivity index (χ3v) is 2.34. The number of rotatable bonds is 4. The highest BCUT2D eigenvalue weighted by molar-refractivity contribution is 7.16. The smallest absolute Gasteiger partial charge is 0.284 e. The lowest BCUT2D eigenvalue weighted by Gasteiger charge is -2.13. The van der Waals surface area contributed by atoms with Crippen molar-refractivity contribution < 1.29 is 9.53 Å². The van der Waals surface area contributed by atoms with Crippen molar-refractivity contribution in [1.29, 1.82) is 0 Å². The topological polar surface area (TPSA) is 81.3 Å². The number of carbonyl (C=O) groups is 1. The molecule has 0 bridgehead atoms. The van der Waals surface area contributed by atoms with Gasteiger partial charge in [0.2, 0.25) is 10.1 Å². The minimum atomic E-state index is -0.184. The second-order valence-corrected chi connectivity index (χ2v) is 3.67. The van der Waals surface area contributed by atoms with E-state index in [0.29, 0.717) is 23.3 Å². The Kier molecular flexibility index (Phi) is 3.78. The zero-order chi connectivity index (χ0) is 10.6. The molecule has 0 spiro atoms. The van der Waals surface area contributed by atoms with Crippen molar-refractivity contribution >= 4 is 22.4 Å². The number of anilines is 1. The van der Waals surface area contributed by atoms with Crippen molar-refractivity contribution in [3.8, 4) is 0 Å². The predicted octanol–water partition coefficient (Wildman–Crippen LogP) is -0.161. The highest BCUT2D eigenvalue weighted by atomic mass is 32.1. The van der Waals surface area contributed by atoms with E-state index < -0.39 is 0 Å². The molecule has 1 rings (SSSR count). The van der Waals surface area contributed by atoms with Gasteiger partial charge in [0.05, 0.1) is 6.61 Å². The summed E-state index contributed by atoms with van der Waals surface area (Å²) >= 11 is 1.08. The average molecular weight is 216 g/mol. The van der Waals surface area contributed by atoms with Crippen LogP contribution < -0.4 is 5.73 Å². The van der Waals surface area contributed by atoms with Gasteiger partial charge in [0.1, 0.15) is 0 Å². The van der Waals surface area contributed by atoms with Gasteiger partial charge in [-0.25, -0.2) is 0 Å². The van der Waals surface area contributed by atoms with Crippen LogP contribution in [0.15, 0.2) is 0 Å². The quantitative estimate of drug-likeness (QED) is 0.756. The molecule has 0 radical (unpaired) electrons. The van der Waals surface area contributed by atoms with E-state index in [0.717, 1.165) is 11.3 Å². The van der Waals surface area contributed by atoms with Crippen molar-refractivity contribution in [2.24, 2.45) is 0 Å². The molecule has 1 aromatic heterocycles. The van der Waals surface area contributed by atoms with E-state index in [-0.39, 0.29) is 5.91 Å². The SMILES string of the molecule is COCCN(C)C(=O)c1nnc(N)s1. The summed E-state index contributed by atoms with van der Waals surface area (Å²) in [6.45, 7) is 1.02. The fourth-order valence-corrected chi connectivity index (χ4v) is 1.42. The minimum absolute atomic E-state index is 0.184. The Labute approximate surface area is 85.7 Å². The predicted molar refractivity (Wildman–Crippen MR) is 53.2 cm³/mol. The van der Waals surface area contributed by atoms with Crippen LogP contribution in [0.1, 0.15) is 9.80 Å². The van der Waals surface area contributed by atoms with Gasteiger partial charge in [-0.05, 0) is 0 Å². The molecule has 0 saturated carbocycles. The minimum Gasteiger partial charge on any atom is -0.383 e. The summed E-state index contributed by atoms with van der Waals surface area (Å²) in [4.78, 5) is 13.1. The van der Waals surface area contributed by atoms with E-state index in [9.17, 15) is 4.79 Å². The third-order valence-electron chi connectivity index (χ3n) is 1.60. The molecule has 7 heteroatoms. The second kappa shape index (κ2) is 4.87. The van der Waals surface area contributed by atoms with E-state index in [1.165, 1.54) is 4.90 Å². The number of nitrogen functional groups attached to an aromatic ring is 1. The number of aromatic nitrogens is 2. The Morgan fingerprint density at radius 1 is 1.64 bits per heavy atom. The maximum atomic E-state index is 11.6. The molecular weight excluding hydrogens is 204 g/mol. The summed E-state index contributed by atoms with van der Waals surface area (Å²) in [5.74, 6) is -0.184. The molecule has 0 aliphatic carbocycles. The molecule has 1 heterocycles. The first kappa shape index (κ1) is 10.9. The number of nitrogens with zero attached hydrogens (tertiary/aromatic N) is 3. The summed E-state index contributed by atoms with van der Waals surface area (Å²) in [6, 6.07) is 0. The molecule has 0 fully saturated rings. The van der Waals surface area contributed by atoms with Crippen LogP contribution in [0.4, 0.5) is 5.13 Å². The van der Waals surface area contributed by atoms with Gasteiger partial charge >= 0.3 is 0 Å². The second-order valence-electron chi connectivity index (χ2n) is 2.66. The molecule has 0 aliphatic heterocycles. The van der Waals surface area contributed by atoms with Crippen molar-refractivity contribution in [1.82, 2.24) is 15.1 Å². The fourth-order valence-electron chi connectivity index (χ4n) is 0.814. The van der Waals surface area contributed by atoms with Crippen LogP contribution in [-0.4, -0.2) is 48.3 Å². The largest absolute Gasteiger partial charge is 0.383 e. The zero-order valence-corrected chi connectivity index (χ0v) is 8.87. The number of hydrogen-bond acceptors (Lipinski definition) is 6. The van der Waals surface area contributed by atoms with Crippen molar-refractivity contribution in [3.63, 3.8) is 0 Å². The number of nitrogens with two attached hydrogens (primary N) is 1. The van der Waals surface area contributed by atoms with Gasteiger partial charge in [-0.2, -0.15) is 0 Å². The van der Waals surface area contributed by atoms with Crippen LogP contribution in [0, 0.1) is 0 Å². The summed E-state index contributed by atoms with van der Waals surface area (Å²) in [5, 5.41) is 7.83. The lowest BCUT2D eigenvalue weighted by atomic mass is 10.5. The Balaban J connectivity index is 2.56.